The van der Waals surface area contributed by atoms with Crippen molar-refractivity contribution in [2.45, 2.75) is 26.2 Å². The van der Waals surface area contributed by atoms with Crippen LogP contribution < -0.4 is 4.74 Å². The first-order valence-corrected chi connectivity index (χ1v) is 4.15. The molecule has 0 aromatic heterocycles. The van der Waals surface area contributed by atoms with Gasteiger partial charge >= 0.3 is 0 Å². The maximum absolute atomic E-state index is 5.55. The first-order valence-electron chi connectivity index (χ1n) is 4.15. The van der Waals surface area contributed by atoms with Crippen molar-refractivity contribution >= 4 is 0 Å². The fourth-order valence-corrected chi connectivity index (χ4v) is 1.10. The van der Waals surface area contributed by atoms with E-state index in [9.17, 15) is 0 Å². The number of rotatable bonds is 2. The summed E-state index contributed by atoms with van der Waals surface area (Å²) < 4.78 is 10.7. The Bertz CT molecular complexity index is 283. The van der Waals surface area contributed by atoms with Crippen molar-refractivity contribution in [3.63, 3.8) is 0 Å². The van der Waals surface area contributed by atoms with Crippen LogP contribution in [0.2, 0.25) is 0 Å². The van der Waals surface area contributed by atoms with E-state index in [1.807, 2.05) is 38.1 Å². The van der Waals surface area contributed by atoms with Gasteiger partial charge in [-0.25, -0.2) is 0 Å². The minimum Gasteiger partial charge on any atom is -0.462 e. The number of para-hydroxylation sites is 1. The summed E-state index contributed by atoms with van der Waals surface area (Å²) in [4.78, 5) is 0. The van der Waals surface area contributed by atoms with Crippen LogP contribution >= 0.6 is 0 Å². The Morgan fingerprint density at radius 2 is 2.00 bits per heavy atom. The molecule has 2 heteroatoms. The molecule has 0 saturated carbocycles. The van der Waals surface area contributed by atoms with Crippen molar-refractivity contribution in [1.82, 2.24) is 0 Å². The topological polar surface area (TPSA) is 21.8 Å². The van der Waals surface area contributed by atoms with Gasteiger partial charge in [-0.2, -0.15) is 0 Å². The minimum atomic E-state index is -0.0221. The molecule has 2 unspecified atom stereocenters. The molecule has 0 spiro atoms. The molecule has 1 aromatic carbocycles. The van der Waals surface area contributed by atoms with Gasteiger partial charge in [-0.05, 0) is 25.5 Å². The molecule has 0 radical (unpaired) electrons. The van der Waals surface area contributed by atoms with Crippen LogP contribution in [0.4, 0.5) is 0 Å². The van der Waals surface area contributed by atoms with Crippen molar-refractivity contribution in [2.75, 3.05) is 0 Å². The molecule has 0 bridgehead atoms. The van der Waals surface area contributed by atoms with Crippen LogP contribution in [0.3, 0.4) is 0 Å². The number of ether oxygens (including phenoxy) is 2. The summed E-state index contributed by atoms with van der Waals surface area (Å²) in [6, 6.07) is 7.96. The standard InChI is InChI=1S/C10H12O2/c1-7-5-3-4-6-9(7)12-10-8(2)11-10/h3-6,8,10H,1-2H3. The number of epoxide rings is 1. The first-order chi connectivity index (χ1) is 5.77. The van der Waals surface area contributed by atoms with Gasteiger partial charge in [0, 0.05) is 0 Å². The van der Waals surface area contributed by atoms with E-state index in [1.54, 1.807) is 0 Å². The number of benzene rings is 1. The Morgan fingerprint density at radius 1 is 1.33 bits per heavy atom. The van der Waals surface area contributed by atoms with Crippen LogP contribution in [0.15, 0.2) is 24.3 Å². The highest BCUT2D eigenvalue weighted by atomic mass is 16.8. The average Bonchev–Trinajstić information content (AvgIpc) is 2.72. The quantitative estimate of drug-likeness (QED) is 0.624. The Labute approximate surface area is 72.1 Å². The summed E-state index contributed by atoms with van der Waals surface area (Å²) in [6.45, 7) is 4.03. The van der Waals surface area contributed by atoms with Crippen LogP contribution in [0.5, 0.6) is 5.75 Å². The maximum atomic E-state index is 5.55. The molecule has 1 aliphatic rings. The van der Waals surface area contributed by atoms with Crippen LogP contribution in [0.1, 0.15) is 12.5 Å². The van der Waals surface area contributed by atoms with Gasteiger partial charge in [0.1, 0.15) is 11.9 Å². The zero-order valence-corrected chi connectivity index (χ0v) is 7.28. The normalized spacial score (nSPS) is 26.8. The summed E-state index contributed by atoms with van der Waals surface area (Å²) in [6.07, 6.45) is 0.232. The van der Waals surface area contributed by atoms with Gasteiger partial charge in [0.25, 0.3) is 0 Å². The molecule has 64 valence electrons. The fourth-order valence-electron chi connectivity index (χ4n) is 1.10. The maximum Gasteiger partial charge on any atom is 0.226 e. The van der Waals surface area contributed by atoms with Gasteiger partial charge in [-0.1, -0.05) is 18.2 Å². The van der Waals surface area contributed by atoms with E-state index in [-0.39, 0.29) is 12.4 Å². The molecular formula is C10H12O2. The van der Waals surface area contributed by atoms with E-state index in [0.717, 1.165) is 11.3 Å². The van der Waals surface area contributed by atoms with Crippen LogP contribution in [0.25, 0.3) is 0 Å². The molecule has 0 amide bonds. The molecule has 1 saturated heterocycles. The molecule has 0 N–H and O–H groups in total. The monoisotopic (exact) mass is 164 g/mol. The van der Waals surface area contributed by atoms with Gasteiger partial charge < -0.3 is 9.47 Å². The number of hydrogen-bond acceptors (Lipinski definition) is 2. The van der Waals surface area contributed by atoms with Crippen molar-refractivity contribution in [2.24, 2.45) is 0 Å². The third-order valence-electron chi connectivity index (χ3n) is 1.99. The Hall–Kier alpha value is -1.02. The molecular weight excluding hydrogens is 152 g/mol. The lowest BCUT2D eigenvalue weighted by Crippen LogP contribution is -2.01. The molecule has 1 heterocycles. The van der Waals surface area contributed by atoms with E-state index in [4.69, 9.17) is 9.47 Å². The van der Waals surface area contributed by atoms with E-state index >= 15 is 0 Å². The predicted molar refractivity (Wildman–Crippen MR) is 46.1 cm³/mol. The summed E-state index contributed by atoms with van der Waals surface area (Å²) in [5, 5.41) is 0. The highest BCUT2D eigenvalue weighted by Gasteiger charge is 2.36. The fraction of sp³-hybridized carbons (Fsp3) is 0.400. The van der Waals surface area contributed by atoms with Crippen molar-refractivity contribution in [3.05, 3.63) is 29.8 Å². The zero-order valence-electron chi connectivity index (χ0n) is 7.28. The van der Waals surface area contributed by atoms with Gasteiger partial charge in [0.15, 0.2) is 0 Å². The van der Waals surface area contributed by atoms with Crippen LogP contribution in [-0.2, 0) is 4.74 Å². The second kappa shape index (κ2) is 2.79. The summed E-state index contributed by atoms with van der Waals surface area (Å²) in [5.74, 6) is 0.923. The highest BCUT2D eigenvalue weighted by molar-refractivity contribution is 5.32. The summed E-state index contributed by atoms with van der Waals surface area (Å²) in [7, 11) is 0. The van der Waals surface area contributed by atoms with E-state index < -0.39 is 0 Å². The molecule has 2 atom stereocenters. The lowest BCUT2D eigenvalue weighted by molar-refractivity contribution is 0.177. The van der Waals surface area contributed by atoms with Crippen LogP contribution in [-0.4, -0.2) is 12.4 Å². The highest BCUT2D eigenvalue weighted by Crippen LogP contribution is 2.27. The zero-order chi connectivity index (χ0) is 8.55. The molecule has 0 aliphatic carbocycles. The SMILES string of the molecule is Cc1ccccc1OC1OC1C. The third kappa shape index (κ3) is 1.43. The molecule has 1 aliphatic heterocycles. The largest absolute Gasteiger partial charge is 0.462 e. The van der Waals surface area contributed by atoms with Gasteiger partial charge in [-0.3, -0.25) is 0 Å². The molecule has 1 fully saturated rings. The van der Waals surface area contributed by atoms with Gasteiger partial charge in [0.2, 0.25) is 6.29 Å². The van der Waals surface area contributed by atoms with E-state index in [0.29, 0.717) is 0 Å². The molecule has 1 aromatic rings. The number of aryl methyl sites for hydroxylation is 1. The third-order valence-corrected chi connectivity index (χ3v) is 1.99. The van der Waals surface area contributed by atoms with Gasteiger partial charge in [-0.15, -0.1) is 0 Å². The Kier molecular flexibility index (Phi) is 1.77. The number of hydrogen-bond donors (Lipinski definition) is 0. The lowest BCUT2D eigenvalue weighted by Gasteiger charge is -2.04. The molecule has 2 rings (SSSR count). The van der Waals surface area contributed by atoms with Crippen molar-refractivity contribution < 1.29 is 9.47 Å². The van der Waals surface area contributed by atoms with Crippen LogP contribution in [0, 0.1) is 6.92 Å². The Balaban J connectivity index is 2.08. The summed E-state index contributed by atoms with van der Waals surface area (Å²) in [5.41, 5.74) is 1.15. The molecule has 2 nitrogen and oxygen atoms in total. The molecule has 12 heavy (non-hydrogen) atoms. The lowest BCUT2D eigenvalue weighted by atomic mass is 10.2. The van der Waals surface area contributed by atoms with Crippen molar-refractivity contribution in [1.29, 1.82) is 0 Å². The van der Waals surface area contributed by atoms with E-state index in [1.165, 1.54) is 0 Å². The second-order valence-corrected chi connectivity index (χ2v) is 3.09. The smallest absolute Gasteiger partial charge is 0.226 e. The van der Waals surface area contributed by atoms with E-state index in [2.05, 4.69) is 0 Å². The predicted octanol–water partition coefficient (Wildman–Crippen LogP) is 2.12. The van der Waals surface area contributed by atoms with Gasteiger partial charge in [0.05, 0.1) is 0 Å². The van der Waals surface area contributed by atoms with Crippen molar-refractivity contribution in [3.8, 4) is 5.75 Å². The summed E-state index contributed by atoms with van der Waals surface area (Å²) >= 11 is 0. The first kappa shape index (κ1) is 7.62. The minimum absolute atomic E-state index is 0.0221. The Morgan fingerprint density at radius 3 is 2.58 bits per heavy atom. The second-order valence-electron chi connectivity index (χ2n) is 3.09. The average molecular weight is 164 g/mol.